The van der Waals surface area contributed by atoms with Crippen molar-refractivity contribution in [2.45, 2.75) is 45.4 Å². The average molecular weight is 555 g/mol. The third kappa shape index (κ3) is 4.96. The first kappa shape index (κ1) is 27.7. The molecule has 4 aromatic rings. The van der Waals surface area contributed by atoms with Crippen LogP contribution in [0.15, 0.2) is 46.2 Å². The van der Waals surface area contributed by atoms with Crippen molar-refractivity contribution in [2.75, 3.05) is 13.7 Å². The molecule has 0 aliphatic heterocycles. The lowest BCUT2D eigenvalue weighted by Crippen LogP contribution is -2.54. The van der Waals surface area contributed by atoms with E-state index in [1.165, 1.54) is 43.7 Å². The fraction of sp³-hybridized carbons (Fsp3) is 0.346. The van der Waals surface area contributed by atoms with Crippen LogP contribution < -0.4 is 21.7 Å². The summed E-state index contributed by atoms with van der Waals surface area (Å²) in [6.45, 7) is 4.31. The Morgan fingerprint density at radius 2 is 2.08 bits per heavy atom. The SMILES string of the molecule is COc1ccc(F)cc1[C@H](Cn1c(=O)n(C(C)(C)C(N)=O)c(=O)c2c(C)c(-n3cccn3)sc21)OCCC#N. The van der Waals surface area contributed by atoms with Crippen LogP contribution in [0.1, 0.15) is 37.5 Å². The first-order valence-electron chi connectivity index (χ1n) is 11.9. The smallest absolute Gasteiger partial charge is 0.333 e. The minimum absolute atomic E-state index is 0.00679. The quantitative estimate of drug-likeness (QED) is 0.297. The van der Waals surface area contributed by atoms with E-state index in [2.05, 4.69) is 5.10 Å². The number of primary amides is 1. The molecule has 1 aromatic carbocycles. The van der Waals surface area contributed by atoms with Gasteiger partial charge in [0.15, 0.2) is 0 Å². The van der Waals surface area contributed by atoms with Crippen LogP contribution in [0.25, 0.3) is 15.2 Å². The standard InChI is InChI=1S/C26H27FN6O5S/c1-15-20-21(34)33(26(2,3)24(29)35)25(36)31(23(20)39-22(15)32-11-6-10-30-32)14-19(38-12-5-9-28)17-13-16(27)7-8-18(17)37-4/h6-8,10-11,13,19H,5,12,14H2,1-4H3,(H2,29,35)/t19-/m0/s1. The second kappa shape index (κ2) is 10.8. The van der Waals surface area contributed by atoms with Crippen LogP contribution in [0.5, 0.6) is 5.75 Å². The van der Waals surface area contributed by atoms with Gasteiger partial charge >= 0.3 is 5.69 Å². The molecule has 3 heterocycles. The number of nitrogens with zero attached hydrogens (tertiary/aromatic N) is 5. The van der Waals surface area contributed by atoms with Crippen LogP contribution in [0.3, 0.4) is 0 Å². The zero-order valence-corrected chi connectivity index (χ0v) is 22.6. The molecule has 0 fully saturated rings. The van der Waals surface area contributed by atoms with E-state index in [1.807, 2.05) is 6.07 Å². The van der Waals surface area contributed by atoms with Gasteiger partial charge in [-0.25, -0.2) is 18.4 Å². The Morgan fingerprint density at radius 1 is 1.33 bits per heavy atom. The molecule has 0 bridgehead atoms. The number of rotatable bonds is 10. The van der Waals surface area contributed by atoms with Gasteiger partial charge in [0.1, 0.15) is 33.0 Å². The number of aromatic nitrogens is 4. The molecule has 1 atom stereocenters. The summed E-state index contributed by atoms with van der Waals surface area (Å²) in [6.07, 6.45) is 2.38. The van der Waals surface area contributed by atoms with Gasteiger partial charge in [0.2, 0.25) is 5.91 Å². The Hall–Kier alpha value is -4.28. The summed E-state index contributed by atoms with van der Waals surface area (Å²) in [5.41, 5.74) is 3.33. The number of methoxy groups -OCH3 is 1. The molecular weight excluding hydrogens is 527 g/mol. The van der Waals surface area contributed by atoms with Gasteiger partial charge < -0.3 is 15.2 Å². The van der Waals surface area contributed by atoms with Crippen LogP contribution in [-0.2, 0) is 21.6 Å². The summed E-state index contributed by atoms with van der Waals surface area (Å²) in [6, 6.07) is 7.61. The van der Waals surface area contributed by atoms with Crippen molar-refractivity contribution in [1.29, 1.82) is 5.26 Å². The van der Waals surface area contributed by atoms with Crippen molar-refractivity contribution in [2.24, 2.45) is 5.73 Å². The van der Waals surface area contributed by atoms with E-state index in [-0.39, 0.29) is 25.0 Å². The van der Waals surface area contributed by atoms with Gasteiger partial charge in [-0.2, -0.15) is 10.4 Å². The van der Waals surface area contributed by atoms with Gasteiger partial charge in [-0.3, -0.25) is 14.2 Å². The highest BCUT2D eigenvalue weighted by atomic mass is 32.1. The number of amides is 1. The summed E-state index contributed by atoms with van der Waals surface area (Å²) in [5, 5.41) is 14.1. The fourth-order valence-corrected chi connectivity index (χ4v) is 5.56. The topological polar surface area (TPSA) is 147 Å². The van der Waals surface area contributed by atoms with Crippen molar-refractivity contribution in [3.8, 4) is 16.8 Å². The number of ether oxygens (including phenoxy) is 2. The van der Waals surface area contributed by atoms with Gasteiger partial charge in [-0.05, 0) is 45.0 Å². The van der Waals surface area contributed by atoms with E-state index in [4.69, 9.17) is 20.5 Å². The lowest BCUT2D eigenvalue weighted by atomic mass is 10.0. The predicted molar refractivity (Wildman–Crippen MR) is 143 cm³/mol. The molecule has 0 saturated carbocycles. The molecule has 0 radical (unpaired) electrons. The molecule has 39 heavy (non-hydrogen) atoms. The first-order valence-corrected chi connectivity index (χ1v) is 12.8. The number of nitrogens with two attached hydrogens (primary N) is 1. The number of thiophene rings is 1. The Kier molecular flexibility index (Phi) is 7.71. The minimum atomic E-state index is -1.67. The van der Waals surface area contributed by atoms with Crippen LogP contribution in [-0.4, -0.2) is 38.5 Å². The number of halogens is 1. The van der Waals surface area contributed by atoms with Gasteiger partial charge in [-0.15, -0.1) is 0 Å². The minimum Gasteiger partial charge on any atom is -0.496 e. The number of benzene rings is 1. The molecule has 0 saturated heterocycles. The van der Waals surface area contributed by atoms with E-state index < -0.39 is 34.6 Å². The fourth-order valence-electron chi connectivity index (χ4n) is 4.32. The Bertz CT molecular complexity index is 1700. The first-order chi connectivity index (χ1) is 18.5. The van der Waals surface area contributed by atoms with Gasteiger partial charge in [0.05, 0.1) is 38.1 Å². The normalized spacial score (nSPS) is 12.4. The lowest BCUT2D eigenvalue weighted by molar-refractivity contribution is -0.125. The zero-order chi connectivity index (χ0) is 28.5. The monoisotopic (exact) mass is 554 g/mol. The van der Waals surface area contributed by atoms with Crippen LogP contribution in [0.4, 0.5) is 4.39 Å². The molecule has 2 N–H and O–H groups in total. The number of fused-ring (bicyclic) bond motifs is 1. The van der Waals surface area contributed by atoms with Crippen LogP contribution in [0.2, 0.25) is 0 Å². The maximum atomic E-state index is 14.3. The molecule has 0 spiro atoms. The Balaban J connectivity index is 2.04. The van der Waals surface area contributed by atoms with Crippen LogP contribution in [0, 0.1) is 24.1 Å². The summed E-state index contributed by atoms with van der Waals surface area (Å²) in [7, 11) is 1.42. The molecule has 13 heteroatoms. The zero-order valence-electron chi connectivity index (χ0n) is 21.8. The van der Waals surface area contributed by atoms with Crippen molar-refractivity contribution in [3.05, 3.63) is 74.4 Å². The molecule has 4 rings (SSSR count). The molecule has 204 valence electrons. The number of carbonyl (C=O) groups is 1. The van der Waals surface area contributed by atoms with E-state index in [0.29, 0.717) is 26.7 Å². The molecule has 3 aromatic heterocycles. The largest absolute Gasteiger partial charge is 0.496 e. The summed E-state index contributed by atoms with van der Waals surface area (Å²) >= 11 is 1.16. The second-order valence-electron chi connectivity index (χ2n) is 9.27. The van der Waals surface area contributed by atoms with Crippen molar-refractivity contribution < 1.29 is 18.7 Å². The maximum absolute atomic E-state index is 14.3. The molecule has 0 aliphatic rings. The summed E-state index contributed by atoms with van der Waals surface area (Å²) < 4.78 is 29.5. The molecule has 11 nitrogen and oxygen atoms in total. The average Bonchev–Trinajstić information content (AvgIpc) is 3.53. The molecule has 0 aliphatic carbocycles. The molecule has 1 amide bonds. The van der Waals surface area contributed by atoms with Gasteiger partial charge in [-0.1, -0.05) is 11.3 Å². The third-order valence-electron chi connectivity index (χ3n) is 6.48. The van der Waals surface area contributed by atoms with Crippen molar-refractivity contribution in [3.63, 3.8) is 0 Å². The van der Waals surface area contributed by atoms with Crippen LogP contribution >= 0.6 is 11.3 Å². The predicted octanol–water partition coefficient (Wildman–Crippen LogP) is 2.76. The highest BCUT2D eigenvalue weighted by Gasteiger charge is 2.34. The number of nitriles is 1. The maximum Gasteiger partial charge on any atom is 0.333 e. The lowest BCUT2D eigenvalue weighted by Gasteiger charge is -2.26. The van der Waals surface area contributed by atoms with Crippen molar-refractivity contribution >= 4 is 27.5 Å². The Morgan fingerprint density at radius 3 is 2.69 bits per heavy atom. The van der Waals surface area contributed by atoms with Gasteiger partial charge in [0.25, 0.3) is 5.56 Å². The van der Waals surface area contributed by atoms with Crippen molar-refractivity contribution in [1.82, 2.24) is 18.9 Å². The summed E-state index contributed by atoms with van der Waals surface area (Å²) in [4.78, 5) is 40.4. The number of aryl methyl sites for hydroxylation is 1. The third-order valence-corrected chi connectivity index (χ3v) is 7.79. The van der Waals surface area contributed by atoms with E-state index in [0.717, 1.165) is 15.9 Å². The molecular formula is C26H27FN6O5S. The van der Waals surface area contributed by atoms with E-state index in [9.17, 15) is 18.8 Å². The number of carbonyl (C=O) groups excluding carboxylic acids is 1. The highest BCUT2D eigenvalue weighted by Crippen LogP contribution is 2.34. The van der Waals surface area contributed by atoms with E-state index >= 15 is 0 Å². The number of hydrogen-bond donors (Lipinski definition) is 1. The Labute approximate surface area is 226 Å². The highest BCUT2D eigenvalue weighted by molar-refractivity contribution is 7.21. The summed E-state index contributed by atoms with van der Waals surface area (Å²) in [5.74, 6) is -1.11. The number of hydrogen-bond acceptors (Lipinski definition) is 8. The van der Waals surface area contributed by atoms with E-state index in [1.54, 1.807) is 30.1 Å². The second-order valence-corrected chi connectivity index (χ2v) is 10.3. The molecule has 0 unspecified atom stereocenters. The van der Waals surface area contributed by atoms with Gasteiger partial charge in [0, 0.05) is 23.5 Å².